The van der Waals surface area contributed by atoms with Gasteiger partial charge in [-0.05, 0) is 19.4 Å². The second kappa shape index (κ2) is 5.02. The van der Waals surface area contributed by atoms with Crippen molar-refractivity contribution in [3.8, 4) is 0 Å². The lowest BCUT2D eigenvalue weighted by Gasteiger charge is -1.99. The molecule has 0 aliphatic rings. The minimum atomic E-state index is 0. The fraction of sp³-hybridized carbons (Fsp3) is 0.333. The third-order valence-electron chi connectivity index (χ3n) is 1.44. The molecule has 1 rings (SSSR count). The van der Waals surface area contributed by atoms with Gasteiger partial charge < -0.3 is 0 Å². The lowest BCUT2D eigenvalue weighted by molar-refractivity contribution is 1.30. The third-order valence-corrected chi connectivity index (χ3v) is 1.74. The van der Waals surface area contributed by atoms with Crippen molar-refractivity contribution in [2.24, 2.45) is 0 Å². The Bertz CT molecular complexity index is 213. The Hall–Kier alpha value is 0.276. The van der Waals surface area contributed by atoms with E-state index in [2.05, 4.69) is 32.0 Å². The highest BCUT2D eigenvalue weighted by molar-refractivity contribution is 6.17. The van der Waals surface area contributed by atoms with Gasteiger partial charge in [-0.1, -0.05) is 29.3 Å². The fourth-order valence-corrected chi connectivity index (χ4v) is 1.30. The van der Waals surface area contributed by atoms with Gasteiger partial charge in [0.2, 0.25) is 0 Å². The summed E-state index contributed by atoms with van der Waals surface area (Å²) >= 11 is 5.67. The number of hydrogen-bond donors (Lipinski definition) is 0. The molecule has 0 radical (unpaired) electrons. The van der Waals surface area contributed by atoms with Crippen LogP contribution < -0.4 is 0 Å². The number of benzene rings is 1. The number of halogens is 1. The summed E-state index contributed by atoms with van der Waals surface area (Å²) in [5, 5.41) is 0. The first-order valence-electron chi connectivity index (χ1n) is 3.35. The van der Waals surface area contributed by atoms with Crippen LogP contribution in [0.4, 0.5) is 0 Å². The molecular weight excluding hydrogens is 168 g/mol. The minimum Gasteiger partial charge on any atom is -0.122 e. The monoisotopic (exact) mass is 180 g/mol. The summed E-state index contributed by atoms with van der Waals surface area (Å²) in [6.45, 7) is 4.17. The molecule has 0 amide bonds. The van der Waals surface area contributed by atoms with Crippen LogP contribution in [0.15, 0.2) is 18.2 Å². The number of rotatable bonds is 1. The van der Waals surface area contributed by atoms with Crippen LogP contribution in [-0.4, -0.2) is 23.1 Å². The average molecular weight is 181 g/mol. The smallest absolute Gasteiger partial charge is 0.122 e. The van der Waals surface area contributed by atoms with Crippen LogP contribution in [0.5, 0.6) is 0 Å². The molecule has 0 nitrogen and oxygen atoms in total. The molecule has 0 aromatic heterocycles. The van der Waals surface area contributed by atoms with Crippen LogP contribution in [0.2, 0.25) is 0 Å². The van der Waals surface area contributed by atoms with E-state index in [9.17, 15) is 0 Å². The van der Waals surface area contributed by atoms with Crippen molar-refractivity contribution in [2.45, 2.75) is 19.7 Å². The summed E-state index contributed by atoms with van der Waals surface area (Å²) in [6.07, 6.45) is 0. The van der Waals surface area contributed by atoms with Gasteiger partial charge in [0.1, 0.15) is 0 Å². The van der Waals surface area contributed by atoms with Gasteiger partial charge in [-0.2, -0.15) is 0 Å². The topological polar surface area (TPSA) is 0 Å². The number of hydrogen-bond acceptors (Lipinski definition) is 0. The van der Waals surface area contributed by atoms with Crippen LogP contribution in [0, 0.1) is 13.8 Å². The zero-order valence-electron chi connectivity index (χ0n) is 6.32. The van der Waals surface area contributed by atoms with Gasteiger partial charge in [0.05, 0.1) is 0 Å². The summed E-state index contributed by atoms with van der Waals surface area (Å²) in [5.74, 6) is 0.614. The van der Waals surface area contributed by atoms with Crippen molar-refractivity contribution >= 4 is 34.7 Å². The van der Waals surface area contributed by atoms with E-state index in [-0.39, 0.29) is 23.1 Å². The number of alkyl halides is 1. The van der Waals surface area contributed by atoms with E-state index in [0.29, 0.717) is 5.88 Å². The van der Waals surface area contributed by atoms with Gasteiger partial charge in [0.25, 0.3) is 0 Å². The first-order valence-corrected chi connectivity index (χ1v) is 3.89. The van der Waals surface area contributed by atoms with Gasteiger partial charge in [0, 0.05) is 5.88 Å². The first-order chi connectivity index (χ1) is 4.72. The molecule has 0 spiro atoms. The van der Waals surface area contributed by atoms with Gasteiger partial charge in [0.15, 0.2) is 0 Å². The Morgan fingerprint density at radius 3 is 1.91 bits per heavy atom. The van der Waals surface area contributed by atoms with Crippen LogP contribution in [0.1, 0.15) is 16.7 Å². The molecule has 0 bridgehead atoms. The Kier molecular flexibility index (Phi) is 5.14. The minimum absolute atomic E-state index is 0. The maximum atomic E-state index is 5.67. The van der Waals surface area contributed by atoms with E-state index in [0.717, 1.165) is 0 Å². The highest BCUT2D eigenvalue weighted by Crippen LogP contribution is 2.10. The molecule has 2 heteroatoms. The van der Waals surface area contributed by atoms with Crippen LogP contribution in [-0.2, 0) is 5.88 Å². The molecule has 0 aliphatic heterocycles. The molecule has 0 heterocycles. The van der Waals surface area contributed by atoms with E-state index < -0.39 is 0 Å². The molecule has 11 heavy (non-hydrogen) atoms. The molecule has 58 valence electrons. The molecule has 1 aromatic rings. The molecular formula is C9H13ClMg. The van der Waals surface area contributed by atoms with E-state index in [4.69, 9.17) is 11.6 Å². The number of aryl methyl sites for hydroxylation is 2. The lowest BCUT2D eigenvalue weighted by atomic mass is 10.1. The predicted molar refractivity (Wildman–Crippen MR) is 54.0 cm³/mol. The van der Waals surface area contributed by atoms with E-state index in [1.807, 2.05) is 0 Å². The zero-order valence-corrected chi connectivity index (χ0v) is 7.07. The molecule has 0 saturated carbocycles. The first kappa shape index (κ1) is 11.3. The maximum absolute atomic E-state index is 5.67. The van der Waals surface area contributed by atoms with Gasteiger partial charge >= 0.3 is 23.1 Å². The Labute approximate surface area is 89.1 Å². The molecule has 0 fully saturated rings. The van der Waals surface area contributed by atoms with E-state index in [1.165, 1.54) is 16.7 Å². The van der Waals surface area contributed by atoms with Crippen molar-refractivity contribution in [3.05, 3.63) is 34.9 Å². The summed E-state index contributed by atoms with van der Waals surface area (Å²) in [4.78, 5) is 0. The standard InChI is InChI=1S/C9H11Cl.Mg.2H/c1-7-3-8(2)5-9(4-7)6-10;;;/h3-5H,6H2,1-2H3;;;. The molecule has 0 N–H and O–H groups in total. The second-order valence-corrected chi connectivity index (χ2v) is 2.90. The van der Waals surface area contributed by atoms with Gasteiger partial charge in [-0.15, -0.1) is 11.6 Å². The van der Waals surface area contributed by atoms with Gasteiger partial charge in [-0.25, -0.2) is 0 Å². The van der Waals surface area contributed by atoms with Crippen LogP contribution >= 0.6 is 11.6 Å². The van der Waals surface area contributed by atoms with Crippen molar-refractivity contribution in [1.82, 2.24) is 0 Å². The SMILES string of the molecule is Cc1cc(C)cc(CCl)c1.[MgH2]. The lowest BCUT2D eigenvalue weighted by Crippen LogP contribution is -1.82. The Morgan fingerprint density at radius 1 is 1.09 bits per heavy atom. The third kappa shape index (κ3) is 3.45. The molecule has 0 aliphatic carbocycles. The largest absolute Gasteiger partial charge is 0.316 e. The molecule has 1 aromatic carbocycles. The quantitative estimate of drug-likeness (QED) is 0.459. The molecule has 0 atom stereocenters. The molecule has 0 saturated heterocycles. The van der Waals surface area contributed by atoms with E-state index >= 15 is 0 Å². The summed E-state index contributed by atoms with van der Waals surface area (Å²) in [5.41, 5.74) is 3.78. The maximum Gasteiger partial charge on any atom is 0.316 e. The van der Waals surface area contributed by atoms with Crippen LogP contribution in [0.3, 0.4) is 0 Å². The summed E-state index contributed by atoms with van der Waals surface area (Å²) < 4.78 is 0. The summed E-state index contributed by atoms with van der Waals surface area (Å²) in [6, 6.07) is 6.37. The molecule has 0 unspecified atom stereocenters. The van der Waals surface area contributed by atoms with Crippen molar-refractivity contribution < 1.29 is 0 Å². The highest BCUT2D eigenvalue weighted by atomic mass is 35.5. The average Bonchev–Trinajstić information content (AvgIpc) is 1.85. The highest BCUT2D eigenvalue weighted by Gasteiger charge is 1.92. The van der Waals surface area contributed by atoms with Gasteiger partial charge in [-0.3, -0.25) is 0 Å². The zero-order chi connectivity index (χ0) is 7.56. The normalized spacial score (nSPS) is 9.00. The van der Waals surface area contributed by atoms with Crippen molar-refractivity contribution in [1.29, 1.82) is 0 Å². The summed E-state index contributed by atoms with van der Waals surface area (Å²) in [7, 11) is 0. The van der Waals surface area contributed by atoms with Crippen molar-refractivity contribution in [2.75, 3.05) is 0 Å². The predicted octanol–water partition coefficient (Wildman–Crippen LogP) is 2.13. The Balaban J connectivity index is 0.000001000. The Morgan fingerprint density at radius 2 is 1.55 bits per heavy atom. The fourth-order valence-electron chi connectivity index (χ4n) is 1.15. The van der Waals surface area contributed by atoms with Crippen LogP contribution in [0.25, 0.3) is 0 Å². The second-order valence-electron chi connectivity index (χ2n) is 2.63. The van der Waals surface area contributed by atoms with E-state index in [1.54, 1.807) is 0 Å². The van der Waals surface area contributed by atoms with Crippen molar-refractivity contribution in [3.63, 3.8) is 0 Å².